The van der Waals surface area contributed by atoms with Gasteiger partial charge in [0, 0.05) is 48.6 Å². The molecule has 0 spiro atoms. The van der Waals surface area contributed by atoms with Crippen LogP contribution in [0, 0.1) is 11.3 Å². The van der Waals surface area contributed by atoms with Gasteiger partial charge in [-0.2, -0.15) is 5.26 Å². The van der Waals surface area contributed by atoms with Gasteiger partial charge in [0.25, 0.3) is 5.91 Å². The van der Waals surface area contributed by atoms with E-state index in [1.54, 1.807) is 6.20 Å². The molecular weight excluding hydrogens is 324 g/mol. The number of piperazine rings is 1. The van der Waals surface area contributed by atoms with Gasteiger partial charge in [-0.15, -0.1) is 0 Å². The molecule has 0 radical (unpaired) electrons. The normalized spacial score (nSPS) is 15.9. The molecule has 5 nitrogen and oxygen atoms in total. The topological polar surface area (TPSA) is 59.4 Å². The Hall–Kier alpha value is -2.19. The molecule has 1 aliphatic rings. The van der Waals surface area contributed by atoms with Crippen LogP contribution < -0.4 is 10.2 Å². The number of amides is 1. The number of rotatable bonds is 3. The van der Waals surface area contributed by atoms with Crippen molar-refractivity contribution in [3.05, 3.63) is 41.1 Å². The highest BCUT2D eigenvalue weighted by Crippen LogP contribution is 2.21. The first-order valence-corrected chi connectivity index (χ1v) is 8.35. The molecule has 0 unspecified atom stereocenters. The zero-order valence-corrected chi connectivity index (χ0v) is 15.1. The summed E-state index contributed by atoms with van der Waals surface area (Å²) in [4.78, 5) is 16.4. The van der Waals surface area contributed by atoms with Crippen LogP contribution in [-0.2, 0) is 4.79 Å². The average Bonchev–Trinajstić information content (AvgIpc) is 2.51. The van der Waals surface area contributed by atoms with E-state index in [0.29, 0.717) is 0 Å². The molecule has 1 amide bonds. The molecule has 2 rings (SSSR count). The molecule has 1 aromatic carbocycles. The number of carbonyl (C=O) groups excluding carboxylic acids is 1. The SMILES string of the molecule is CC(C)(C)NC(=O)/C(C#N)=C\N1CCN(c2cccc(Cl)c2)CC1. The lowest BCUT2D eigenvalue weighted by atomic mass is 10.1. The molecule has 1 heterocycles. The monoisotopic (exact) mass is 346 g/mol. The highest BCUT2D eigenvalue weighted by molar-refractivity contribution is 6.30. The number of nitrogens with zero attached hydrogens (tertiary/aromatic N) is 3. The van der Waals surface area contributed by atoms with Crippen molar-refractivity contribution in [3.63, 3.8) is 0 Å². The van der Waals surface area contributed by atoms with Gasteiger partial charge in [0.1, 0.15) is 11.6 Å². The number of hydrogen-bond acceptors (Lipinski definition) is 4. The van der Waals surface area contributed by atoms with Crippen molar-refractivity contribution in [1.82, 2.24) is 10.2 Å². The van der Waals surface area contributed by atoms with Gasteiger partial charge in [0.2, 0.25) is 0 Å². The largest absolute Gasteiger partial charge is 0.373 e. The average molecular weight is 347 g/mol. The van der Waals surface area contributed by atoms with Gasteiger partial charge >= 0.3 is 0 Å². The summed E-state index contributed by atoms with van der Waals surface area (Å²) >= 11 is 6.04. The van der Waals surface area contributed by atoms with Crippen LogP contribution in [0.1, 0.15) is 20.8 Å². The van der Waals surface area contributed by atoms with E-state index in [2.05, 4.69) is 10.2 Å². The van der Waals surface area contributed by atoms with E-state index >= 15 is 0 Å². The standard InChI is InChI=1S/C18H23ClN4O/c1-18(2,3)21-17(24)14(12-20)13-22-7-9-23(10-8-22)16-6-4-5-15(19)11-16/h4-6,11,13H,7-10H2,1-3H3,(H,21,24)/b14-13-. The molecule has 0 aliphatic carbocycles. The summed E-state index contributed by atoms with van der Waals surface area (Å²) in [7, 11) is 0. The fourth-order valence-corrected chi connectivity index (χ4v) is 2.70. The van der Waals surface area contributed by atoms with E-state index < -0.39 is 0 Å². The van der Waals surface area contributed by atoms with Gasteiger partial charge in [-0.05, 0) is 39.0 Å². The van der Waals surface area contributed by atoms with Crippen LogP contribution in [-0.4, -0.2) is 42.5 Å². The molecule has 1 fully saturated rings. The summed E-state index contributed by atoms with van der Waals surface area (Å²) in [6, 6.07) is 9.78. The predicted octanol–water partition coefficient (Wildman–Crippen LogP) is 2.78. The Labute approximate surface area is 148 Å². The summed E-state index contributed by atoms with van der Waals surface area (Å²) in [5.74, 6) is -0.331. The van der Waals surface area contributed by atoms with Crippen LogP contribution in [0.2, 0.25) is 5.02 Å². The number of nitriles is 1. The minimum absolute atomic E-state index is 0.140. The molecule has 0 aromatic heterocycles. The molecule has 0 atom stereocenters. The maximum absolute atomic E-state index is 12.1. The molecule has 6 heteroatoms. The highest BCUT2D eigenvalue weighted by atomic mass is 35.5. The zero-order chi connectivity index (χ0) is 17.7. The highest BCUT2D eigenvalue weighted by Gasteiger charge is 2.20. The van der Waals surface area contributed by atoms with E-state index in [1.807, 2.05) is 56.0 Å². The lowest BCUT2D eigenvalue weighted by molar-refractivity contribution is -0.118. The fraction of sp³-hybridized carbons (Fsp3) is 0.444. The Morgan fingerprint density at radius 1 is 1.29 bits per heavy atom. The zero-order valence-electron chi connectivity index (χ0n) is 14.3. The molecule has 1 saturated heterocycles. The number of carbonyl (C=O) groups is 1. The number of hydrogen-bond donors (Lipinski definition) is 1. The lowest BCUT2D eigenvalue weighted by Crippen LogP contribution is -2.45. The third-order valence-electron chi connectivity index (χ3n) is 3.65. The van der Waals surface area contributed by atoms with E-state index in [4.69, 9.17) is 11.6 Å². The number of benzene rings is 1. The van der Waals surface area contributed by atoms with Crippen molar-refractivity contribution in [2.24, 2.45) is 0 Å². The van der Waals surface area contributed by atoms with Crippen LogP contribution in [0.25, 0.3) is 0 Å². The molecule has 24 heavy (non-hydrogen) atoms. The van der Waals surface area contributed by atoms with Crippen LogP contribution in [0.5, 0.6) is 0 Å². The first kappa shape index (κ1) is 18.2. The van der Waals surface area contributed by atoms with Gasteiger partial charge in [0.15, 0.2) is 0 Å². The molecule has 0 bridgehead atoms. The van der Waals surface area contributed by atoms with E-state index in [-0.39, 0.29) is 17.0 Å². The molecule has 128 valence electrons. The van der Waals surface area contributed by atoms with Gasteiger partial charge in [-0.25, -0.2) is 0 Å². The summed E-state index contributed by atoms with van der Waals surface area (Å²) in [5.41, 5.74) is 0.872. The fourth-order valence-electron chi connectivity index (χ4n) is 2.51. The Bertz CT molecular complexity index is 664. The third kappa shape index (κ3) is 5.17. The molecular formula is C18H23ClN4O. The summed E-state index contributed by atoms with van der Waals surface area (Å²) in [6.45, 7) is 8.81. The second-order valence-corrected chi connectivity index (χ2v) is 7.30. The predicted molar refractivity (Wildman–Crippen MR) is 96.8 cm³/mol. The second kappa shape index (κ2) is 7.59. The van der Waals surface area contributed by atoms with Crippen LogP contribution in [0.3, 0.4) is 0 Å². The minimum Gasteiger partial charge on any atom is -0.373 e. The first-order chi connectivity index (χ1) is 11.3. The van der Waals surface area contributed by atoms with E-state index in [0.717, 1.165) is 36.9 Å². The van der Waals surface area contributed by atoms with E-state index in [9.17, 15) is 10.1 Å². The van der Waals surface area contributed by atoms with E-state index in [1.165, 1.54) is 0 Å². The van der Waals surface area contributed by atoms with Gasteiger partial charge < -0.3 is 15.1 Å². The summed E-state index contributed by atoms with van der Waals surface area (Å²) < 4.78 is 0. The Balaban J connectivity index is 1.98. The van der Waals surface area contributed by atoms with Crippen molar-refractivity contribution in [2.75, 3.05) is 31.1 Å². The Morgan fingerprint density at radius 2 is 1.96 bits per heavy atom. The Morgan fingerprint density at radius 3 is 2.50 bits per heavy atom. The smallest absolute Gasteiger partial charge is 0.263 e. The quantitative estimate of drug-likeness (QED) is 0.675. The maximum Gasteiger partial charge on any atom is 0.263 e. The number of nitrogens with one attached hydrogen (secondary N) is 1. The van der Waals surface area contributed by atoms with Crippen molar-refractivity contribution < 1.29 is 4.79 Å². The van der Waals surface area contributed by atoms with Crippen molar-refractivity contribution >= 4 is 23.2 Å². The summed E-state index contributed by atoms with van der Waals surface area (Å²) in [5, 5.41) is 12.8. The molecule has 1 aliphatic heterocycles. The van der Waals surface area contributed by atoms with Gasteiger partial charge in [-0.1, -0.05) is 17.7 Å². The molecule has 1 aromatic rings. The number of anilines is 1. The molecule has 0 saturated carbocycles. The number of halogens is 1. The second-order valence-electron chi connectivity index (χ2n) is 6.86. The first-order valence-electron chi connectivity index (χ1n) is 7.97. The van der Waals surface area contributed by atoms with Crippen LogP contribution >= 0.6 is 11.6 Å². The van der Waals surface area contributed by atoms with Gasteiger partial charge in [-0.3, -0.25) is 4.79 Å². The maximum atomic E-state index is 12.1. The van der Waals surface area contributed by atoms with Gasteiger partial charge in [0.05, 0.1) is 0 Å². The van der Waals surface area contributed by atoms with Crippen molar-refractivity contribution in [2.45, 2.75) is 26.3 Å². The minimum atomic E-state index is -0.363. The third-order valence-corrected chi connectivity index (χ3v) is 3.89. The lowest BCUT2D eigenvalue weighted by Gasteiger charge is -2.35. The molecule has 1 N–H and O–H groups in total. The van der Waals surface area contributed by atoms with Crippen LogP contribution in [0.15, 0.2) is 36.0 Å². The van der Waals surface area contributed by atoms with Crippen LogP contribution in [0.4, 0.5) is 5.69 Å². The Kier molecular flexibility index (Phi) is 5.74. The summed E-state index contributed by atoms with van der Waals surface area (Å²) in [6.07, 6.45) is 1.66. The van der Waals surface area contributed by atoms with Crippen molar-refractivity contribution in [3.8, 4) is 6.07 Å². The van der Waals surface area contributed by atoms with Crippen molar-refractivity contribution in [1.29, 1.82) is 5.26 Å².